The van der Waals surface area contributed by atoms with Crippen molar-refractivity contribution in [3.63, 3.8) is 0 Å². The van der Waals surface area contributed by atoms with Crippen LogP contribution in [0.5, 0.6) is 5.75 Å². The lowest BCUT2D eigenvalue weighted by Crippen LogP contribution is -2.14. The predicted octanol–water partition coefficient (Wildman–Crippen LogP) is 3.74. The zero-order chi connectivity index (χ0) is 17.9. The second-order valence-electron chi connectivity index (χ2n) is 4.33. The van der Waals surface area contributed by atoms with Crippen LogP contribution < -0.4 is 10.1 Å². The molecule has 0 radical (unpaired) electrons. The number of H-pyrrole nitrogens is 1. The number of halogens is 4. The maximum Gasteiger partial charge on any atom is 0.277 e. The highest BCUT2D eigenvalue weighted by atomic mass is 79.9. The zero-order valence-corrected chi connectivity index (χ0v) is 14.7. The maximum atomic E-state index is 12.2. The fourth-order valence-electron chi connectivity index (χ4n) is 1.65. The van der Waals surface area contributed by atoms with Crippen molar-refractivity contribution in [1.82, 2.24) is 10.2 Å². The smallest absolute Gasteiger partial charge is 0.277 e. The number of hydrogen-bond acceptors (Lipinski definition) is 5. The number of ether oxygens (including phenoxy) is 1. The fraction of sp³-hybridized carbons (Fsp3) is 0.167. The first kappa shape index (κ1) is 18.3. The molecule has 1 amide bonds. The standard InChI is InChI=1S/C12H8Br2F2N4O4/c13-9-10(18-19-11(9)14)12(21)17-5-1-6(20(22)23)3-7(2-5)24-4-8(15)16/h1-3,8H,4H2,(H,17,21)(H,18,19). The van der Waals surface area contributed by atoms with E-state index in [4.69, 9.17) is 4.74 Å². The van der Waals surface area contributed by atoms with Crippen LogP contribution in [-0.4, -0.2) is 34.1 Å². The van der Waals surface area contributed by atoms with Gasteiger partial charge >= 0.3 is 0 Å². The Bertz CT molecular complexity index is 784. The van der Waals surface area contributed by atoms with E-state index < -0.39 is 29.6 Å². The van der Waals surface area contributed by atoms with E-state index in [9.17, 15) is 23.7 Å². The van der Waals surface area contributed by atoms with Crippen LogP contribution in [0.2, 0.25) is 0 Å². The summed E-state index contributed by atoms with van der Waals surface area (Å²) in [7, 11) is 0. The van der Waals surface area contributed by atoms with Gasteiger partial charge < -0.3 is 10.1 Å². The first-order valence-electron chi connectivity index (χ1n) is 6.19. The van der Waals surface area contributed by atoms with Crippen molar-refractivity contribution in [2.45, 2.75) is 6.43 Å². The van der Waals surface area contributed by atoms with Gasteiger partial charge in [0.05, 0.1) is 21.1 Å². The monoisotopic (exact) mass is 468 g/mol. The number of aromatic nitrogens is 2. The Morgan fingerprint density at radius 1 is 1.42 bits per heavy atom. The minimum absolute atomic E-state index is 0.00318. The number of carbonyl (C=O) groups excluding carboxylic acids is 1. The van der Waals surface area contributed by atoms with Crippen molar-refractivity contribution in [2.75, 3.05) is 11.9 Å². The third-order valence-corrected chi connectivity index (χ3v) is 4.50. The Hall–Kier alpha value is -2.08. The van der Waals surface area contributed by atoms with Crippen LogP contribution in [0.25, 0.3) is 0 Å². The van der Waals surface area contributed by atoms with Gasteiger partial charge in [0.15, 0.2) is 5.69 Å². The predicted molar refractivity (Wildman–Crippen MR) is 86.5 cm³/mol. The quantitative estimate of drug-likeness (QED) is 0.494. The van der Waals surface area contributed by atoms with Gasteiger partial charge in [-0.2, -0.15) is 5.10 Å². The van der Waals surface area contributed by atoms with Crippen molar-refractivity contribution in [3.8, 4) is 5.75 Å². The van der Waals surface area contributed by atoms with Gasteiger partial charge in [-0.15, -0.1) is 0 Å². The molecule has 0 saturated heterocycles. The minimum atomic E-state index is -2.74. The Kier molecular flexibility index (Phi) is 5.83. The lowest BCUT2D eigenvalue weighted by atomic mass is 10.2. The third-order valence-electron chi connectivity index (χ3n) is 2.62. The minimum Gasteiger partial charge on any atom is -0.487 e. The van der Waals surface area contributed by atoms with Gasteiger partial charge in [-0.1, -0.05) is 0 Å². The van der Waals surface area contributed by atoms with Crippen molar-refractivity contribution < 1.29 is 23.2 Å². The second-order valence-corrected chi connectivity index (χ2v) is 5.92. The molecular formula is C12H8Br2F2N4O4. The number of amides is 1. The largest absolute Gasteiger partial charge is 0.487 e. The van der Waals surface area contributed by atoms with Crippen LogP contribution >= 0.6 is 31.9 Å². The molecule has 0 spiro atoms. The Labute approximate surface area is 150 Å². The van der Waals surface area contributed by atoms with Crippen LogP contribution in [0.4, 0.5) is 20.2 Å². The van der Waals surface area contributed by atoms with Gasteiger partial charge in [-0.3, -0.25) is 20.0 Å². The number of nitro groups is 1. The number of aromatic amines is 1. The molecule has 1 heterocycles. The molecule has 1 aromatic carbocycles. The molecular weight excluding hydrogens is 462 g/mol. The van der Waals surface area contributed by atoms with Gasteiger partial charge in [0.25, 0.3) is 18.0 Å². The van der Waals surface area contributed by atoms with Crippen LogP contribution in [0.3, 0.4) is 0 Å². The summed E-state index contributed by atoms with van der Waals surface area (Å²) in [4.78, 5) is 22.3. The summed E-state index contributed by atoms with van der Waals surface area (Å²) in [6, 6.07) is 3.25. The van der Waals surface area contributed by atoms with E-state index in [1.165, 1.54) is 6.07 Å². The van der Waals surface area contributed by atoms with E-state index in [-0.39, 0.29) is 17.1 Å². The maximum absolute atomic E-state index is 12.2. The number of benzene rings is 1. The van der Waals surface area contributed by atoms with Crippen molar-refractivity contribution in [1.29, 1.82) is 0 Å². The molecule has 0 atom stereocenters. The zero-order valence-electron chi connectivity index (χ0n) is 11.6. The first-order chi connectivity index (χ1) is 11.3. The SMILES string of the molecule is O=C(Nc1cc(OCC(F)F)cc([N+](=O)[O-])c1)c1n[nH]c(Br)c1Br. The molecule has 0 fully saturated rings. The summed E-state index contributed by atoms with van der Waals surface area (Å²) in [6.07, 6.45) is -2.74. The number of alkyl halides is 2. The third kappa shape index (κ3) is 4.47. The molecule has 0 aliphatic rings. The molecule has 0 bridgehead atoms. The summed E-state index contributed by atoms with van der Waals surface area (Å²) in [5, 5.41) is 19.6. The number of non-ortho nitro benzene ring substituents is 1. The molecule has 0 unspecified atom stereocenters. The number of nitro benzene ring substituents is 1. The normalized spacial score (nSPS) is 10.7. The number of rotatable bonds is 6. The highest BCUT2D eigenvalue weighted by Crippen LogP contribution is 2.28. The van der Waals surface area contributed by atoms with Gasteiger partial charge in [-0.25, -0.2) is 8.78 Å². The molecule has 12 heteroatoms. The lowest BCUT2D eigenvalue weighted by Gasteiger charge is -2.09. The summed E-state index contributed by atoms with van der Waals surface area (Å²) in [5.41, 5.74) is -0.410. The van der Waals surface area contributed by atoms with E-state index in [2.05, 4.69) is 47.4 Å². The van der Waals surface area contributed by atoms with Crippen LogP contribution in [-0.2, 0) is 0 Å². The van der Waals surface area contributed by atoms with Crippen molar-refractivity contribution in [2.24, 2.45) is 0 Å². The molecule has 0 aliphatic heterocycles. The molecule has 2 rings (SSSR count). The number of hydrogen-bond donors (Lipinski definition) is 2. The second kappa shape index (κ2) is 7.66. The van der Waals surface area contributed by atoms with Gasteiger partial charge in [0.1, 0.15) is 17.0 Å². The average molecular weight is 470 g/mol. The number of anilines is 1. The van der Waals surface area contributed by atoms with E-state index in [1.54, 1.807) is 0 Å². The van der Waals surface area contributed by atoms with Gasteiger partial charge in [0, 0.05) is 12.1 Å². The van der Waals surface area contributed by atoms with Crippen molar-refractivity contribution >= 4 is 49.1 Å². The highest BCUT2D eigenvalue weighted by Gasteiger charge is 2.19. The number of nitrogens with one attached hydrogen (secondary N) is 2. The van der Waals surface area contributed by atoms with E-state index in [0.717, 1.165) is 12.1 Å². The molecule has 0 saturated carbocycles. The molecule has 24 heavy (non-hydrogen) atoms. The molecule has 1 aromatic heterocycles. The average Bonchev–Trinajstić information content (AvgIpc) is 2.84. The molecule has 128 valence electrons. The van der Waals surface area contributed by atoms with Gasteiger partial charge in [0.2, 0.25) is 0 Å². The van der Waals surface area contributed by atoms with Crippen LogP contribution in [0.15, 0.2) is 27.3 Å². The molecule has 2 N–H and O–H groups in total. The summed E-state index contributed by atoms with van der Waals surface area (Å²) >= 11 is 6.26. The number of nitrogens with zero attached hydrogens (tertiary/aromatic N) is 2. The van der Waals surface area contributed by atoms with Gasteiger partial charge in [-0.05, 0) is 31.9 Å². The van der Waals surface area contributed by atoms with E-state index in [0.29, 0.717) is 9.08 Å². The number of carbonyl (C=O) groups is 1. The Balaban J connectivity index is 2.26. The highest BCUT2D eigenvalue weighted by molar-refractivity contribution is 9.13. The molecule has 0 aliphatic carbocycles. The lowest BCUT2D eigenvalue weighted by molar-refractivity contribution is -0.384. The van der Waals surface area contributed by atoms with Crippen molar-refractivity contribution in [3.05, 3.63) is 43.1 Å². The van der Waals surface area contributed by atoms with Crippen LogP contribution in [0.1, 0.15) is 10.5 Å². The fourth-order valence-corrected chi connectivity index (χ4v) is 2.29. The van der Waals surface area contributed by atoms with Crippen LogP contribution in [0, 0.1) is 10.1 Å². The van der Waals surface area contributed by atoms with E-state index >= 15 is 0 Å². The molecule has 2 aromatic rings. The topological polar surface area (TPSA) is 110 Å². The summed E-state index contributed by atoms with van der Waals surface area (Å²) in [6.45, 7) is -0.924. The Morgan fingerprint density at radius 2 is 2.12 bits per heavy atom. The molecule has 8 nitrogen and oxygen atoms in total. The summed E-state index contributed by atoms with van der Waals surface area (Å²) in [5.74, 6) is -0.828. The summed E-state index contributed by atoms with van der Waals surface area (Å²) < 4.78 is 30.0. The van der Waals surface area contributed by atoms with E-state index in [1.807, 2.05) is 0 Å². The Morgan fingerprint density at radius 3 is 2.67 bits per heavy atom. The first-order valence-corrected chi connectivity index (χ1v) is 7.77.